The molecule has 0 fully saturated rings. The third kappa shape index (κ3) is 5.21. The lowest BCUT2D eigenvalue weighted by Crippen LogP contribution is -2.42. The standard InChI is InChI=1S/C32H33N3O2/c1-4-5-23-8-14-29(15-9-23)35-22(2)18-27-19-26(28-20-33-34(3)21-28)13-16-30(27)32(35)25-11-6-24(7-12-25)10-17-31(36)37/h6-17,19-22,32H,4-5,18H2,1-3H3,(H,36,37)/b17-10+. The van der Waals surface area contributed by atoms with Gasteiger partial charge in [-0.05, 0) is 71.4 Å². The highest BCUT2D eigenvalue weighted by molar-refractivity contribution is 5.85. The van der Waals surface area contributed by atoms with E-state index in [1.807, 2.05) is 30.1 Å². The lowest BCUT2D eigenvalue weighted by atomic mass is 9.83. The molecule has 5 rings (SSSR count). The van der Waals surface area contributed by atoms with Gasteiger partial charge < -0.3 is 10.0 Å². The summed E-state index contributed by atoms with van der Waals surface area (Å²) in [7, 11) is 1.94. The molecule has 3 aromatic carbocycles. The van der Waals surface area contributed by atoms with Crippen molar-refractivity contribution in [3.8, 4) is 11.1 Å². The number of carboxylic acids is 1. The largest absolute Gasteiger partial charge is 0.478 e. The van der Waals surface area contributed by atoms with Gasteiger partial charge in [-0.1, -0.05) is 67.9 Å². The lowest BCUT2D eigenvalue weighted by Gasteiger charge is -2.44. The second-order valence-corrected chi connectivity index (χ2v) is 9.93. The Kier molecular flexibility index (Phi) is 6.95. The summed E-state index contributed by atoms with van der Waals surface area (Å²) < 4.78 is 1.84. The Morgan fingerprint density at radius 1 is 1.05 bits per heavy atom. The van der Waals surface area contributed by atoms with Crippen LogP contribution in [0.3, 0.4) is 0 Å². The highest BCUT2D eigenvalue weighted by atomic mass is 16.4. The maximum atomic E-state index is 11.0. The van der Waals surface area contributed by atoms with Crippen LogP contribution >= 0.6 is 0 Å². The first-order chi connectivity index (χ1) is 17.9. The zero-order chi connectivity index (χ0) is 25.9. The van der Waals surface area contributed by atoms with E-state index in [0.29, 0.717) is 6.04 Å². The Bertz CT molecular complexity index is 1420. The number of aryl methyl sites for hydroxylation is 2. The Morgan fingerprint density at radius 2 is 1.81 bits per heavy atom. The summed E-state index contributed by atoms with van der Waals surface area (Å²) in [5, 5.41) is 13.3. The first-order valence-corrected chi connectivity index (χ1v) is 12.9. The van der Waals surface area contributed by atoms with Gasteiger partial charge in [-0.25, -0.2) is 4.79 Å². The monoisotopic (exact) mass is 491 g/mol. The maximum absolute atomic E-state index is 11.0. The van der Waals surface area contributed by atoms with Gasteiger partial charge in [0, 0.05) is 36.6 Å². The number of carboxylic acid groups (broad SMARTS) is 1. The summed E-state index contributed by atoms with van der Waals surface area (Å²) in [6.45, 7) is 4.51. The molecule has 1 aliphatic rings. The van der Waals surface area contributed by atoms with Crippen LogP contribution in [0.5, 0.6) is 0 Å². The number of anilines is 1. The van der Waals surface area contributed by atoms with Crippen LogP contribution in [0.15, 0.2) is 85.2 Å². The van der Waals surface area contributed by atoms with Crippen LogP contribution in [0.25, 0.3) is 17.2 Å². The van der Waals surface area contributed by atoms with Crippen LogP contribution in [0.2, 0.25) is 0 Å². The summed E-state index contributed by atoms with van der Waals surface area (Å²) >= 11 is 0. The summed E-state index contributed by atoms with van der Waals surface area (Å²) in [4.78, 5) is 13.5. The van der Waals surface area contributed by atoms with E-state index in [1.54, 1.807) is 6.08 Å². The smallest absolute Gasteiger partial charge is 0.328 e. The molecule has 2 atom stereocenters. The quantitative estimate of drug-likeness (QED) is 0.293. The Morgan fingerprint density at radius 3 is 2.46 bits per heavy atom. The van der Waals surface area contributed by atoms with Gasteiger partial charge in [-0.15, -0.1) is 0 Å². The van der Waals surface area contributed by atoms with Crippen LogP contribution in [0.4, 0.5) is 5.69 Å². The van der Waals surface area contributed by atoms with Gasteiger partial charge >= 0.3 is 5.97 Å². The molecule has 188 valence electrons. The summed E-state index contributed by atoms with van der Waals surface area (Å²) in [5.74, 6) is -0.943. The highest BCUT2D eigenvalue weighted by Crippen LogP contribution is 2.42. The lowest BCUT2D eigenvalue weighted by molar-refractivity contribution is -0.131. The van der Waals surface area contributed by atoms with E-state index in [4.69, 9.17) is 5.11 Å². The van der Waals surface area contributed by atoms with Crippen molar-refractivity contribution in [2.45, 2.75) is 45.2 Å². The van der Waals surface area contributed by atoms with Gasteiger partial charge in [0.25, 0.3) is 0 Å². The summed E-state index contributed by atoms with van der Waals surface area (Å²) in [6.07, 6.45) is 9.96. The topological polar surface area (TPSA) is 58.4 Å². The molecule has 1 aliphatic heterocycles. The van der Waals surface area contributed by atoms with Gasteiger partial charge in [0.05, 0.1) is 12.2 Å². The second kappa shape index (κ2) is 10.5. The molecule has 37 heavy (non-hydrogen) atoms. The van der Waals surface area contributed by atoms with Crippen molar-refractivity contribution >= 4 is 17.7 Å². The number of hydrogen-bond donors (Lipinski definition) is 1. The number of rotatable bonds is 7. The van der Waals surface area contributed by atoms with Crippen molar-refractivity contribution < 1.29 is 9.90 Å². The minimum absolute atomic E-state index is 0.0521. The van der Waals surface area contributed by atoms with Crippen molar-refractivity contribution in [3.63, 3.8) is 0 Å². The molecule has 0 spiro atoms. The number of nitrogens with zero attached hydrogens (tertiary/aromatic N) is 3. The number of benzene rings is 3. The summed E-state index contributed by atoms with van der Waals surface area (Å²) in [5.41, 5.74) is 9.61. The molecular weight excluding hydrogens is 458 g/mol. The van der Waals surface area contributed by atoms with Crippen LogP contribution in [-0.2, 0) is 24.7 Å². The van der Waals surface area contributed by atoms with Gasteiger partial charge in [-0.2, -0.15) is 5.10 Å². The van der Waals surface area contributed by atoms with E-state index in [-0.39, 0.29) is 6.04 Å². The molecule has 5 nitrogen and oxygen atoms in total. The minimum Gasteiger partial charge on any atom is -0.478 e. The summed E-state index contributed by atoms with van der Waals surface area (Å²) in [6, 6.07) is 24.4. The SMILES string of the molecule is CCCc1ccc(N2C(C)Cc3cc(-c4cnn(C)c4)ccc3C2c2ccc(/C=C/C(=O)O)cc2)cc1. The fraction of sp³-hybridized carbons (Fsp3) is 0.250. The zero-order valence-corrected chi connectivity index (χ0v) is 21.6. The molecule has 2 unspecified atom stereocenters. The first kappa shape index (κ1) is 24.6. The average molecular weight is 492 g/mol. The van der Waals surface area contributed by atoms with E-state index >= 15 is 0 Å². The molecular formula is C32H33N3O2. The zero-order valence-electron chi connectivity index (χ0n) is 21.6. The van der Waals surface area contributed by atoms with E-state index in [1.165, 1.54) is 39.6 Å². The average Bonchev–Trinajstić information content (AvgIpc) is 3.34. The van der Waals surface area contributed by atoms with Crippen molar-refractivity contribution in [1.82, 2.24) is 9.78 Å². The molecule has 2 heterocycles. The normalized spacial score (nSPS) is 17.2. The molecule has 5 heteroatoms. The third-order valence-corrected chi connectivity index (χ3v) is 7.19. The minimum atomic E-state index is -0.943. The van der Waals surface area contributed by atoms with Gasteiger partial charge in [0.1, 0.15) is 0 Å². The van der Waals surface area contributed by atoms with E-state index in [2.05, 4.69) is 84.6 Å². The number of aliphatic carboxylic acids is 1. The Balaban J connectivity index is 1.58. The number of aromatic nitrogens is 2. The van der Waals surface area contributed by atoms with E-state index in [9.17, 15) is 4.79 Å². The molecule has 0 saturated heterocycles. The molecule has 0 radical (unpaired) electrons. The molecule has 0 bridgehead atoms. The van der Waals surface area contributed by atoms with Crippen LogP contribution < -0.4 is 4.90 Å². The molecule has 1 aromatic heterocycles. The molecule has 0 amide bonds. The molecule has 4 aromatic rings. The molecule has 1 N–H and O–H groups in total. The Labute approximate surface area is 218 Å². The predicted octanol–water partition coefficient (Wildman–Crippen LogP) is 6.68. The molecule has 0 aliphatic carbocycles. The maximum Gasteiger partial charge on any atom is 0.328 e. The van der Waals surface area contributed by atoms with Crippen molar-refractivity contribution in [2.75, 3.05) is 4.90 Å². The number of carbonyl (C=O) groups is 1. The first-order valence-electron chi connectivity index (χ1n) is 12.9. The third-order valence-electron chi connectivity index (χ3n) is 7.19. The van der Waals surface area contributed by atoms with Crippen LogP contribution in [-0.4, -0.2) is 26.9 Å². The van der Waals surface area contributed by atoms with Crippen LogP contribution in [0.1, 0.15) is 54.1 Å². The van der Waals surface area contributed by atoms with E-state index < -0.39 is 5.97 Å². The van der Waals surface area contributed by atoms with Crippen molar-refractivity contribution in [1.29, 1.82) is 0 Å². The Hall–Kier alpha value is -4.12. The van der Waals surface area contributed by atoms with Gasteiger partial charge in [0.2, 0.25) is 0 Å². The van der Waals surface area contributed by atoms with Crippen molar-refractivity contribution in [3.05, 3.63) is 113 Å². The predicted molar refractivity (Wildman–Crippen MR) is 150 cm³/mol. The van der Waals surface area contributed by atoms with E-state index in [0.717, 1.165) is 30.4 Å². The second-order valence-electron chi connectivity index (χ2n) is 9.93. The fourth-order valence-corrected chi connectivity index (χ4v) is 5.44. The number of hydrogen-bond acceptors (Lipinski definition) is 3. The van der Waals surface area contributed by atoms with Crippen LogP contribution in [0, 0.1) is 0 Å². The highest BCUT2D eigenvalue weighted by Gasteiger charge is 2.33. The van der Waals surface area contributed by atoms with Crippen molar-refractivity contribution in [2.24, 2.45) is 7.05 Å². The number of fused-ring (bicyclic) bond motifs is 1. The fourth-order valence-electron chi connectivity index (χ4n) is 5.44. The molecule has 0 saturated carbocycles. The van der Waals surface area contributed by atoms with Gasteiger partial charge in [0.15, 0.2) is 0 Å². The van der Waals surface area contributed by atoms with Gasteiger partial charge in [-0.3, -0.25) is 4.68 Å².